The molecule has 6 heteroatoms. The second kappa shape index (κ2) is 7.29. The number of urea groups is 1. The number of pyridine rings is 2. The minimum Gasteiger partial charge on any atom is -0.481 e. The van der Waals surface area contributed by atoms with Gasteiger partial charge in [-0.1, -0.05) is 6.07 Å². The summed E-state index contributed by atoms with van der Waals surface area (Å²) in [5.74, 6) is 0.973. The van der Waals surface area contributed by atoms with Crippen LogP contribution in [0.4, 0.5) is 10.5 Å². The van der Waals surface area contributed by atoms with Crippen LogP contribution in [0.1, 0.15) is 30.1 Å². The van der Waals surface area contributed by atoms with E-state index in [9.17, 15) is 4.79 Å². The van der Waals surface area contributed by atoms with Gasteiger partial charge in [-0.2, -0.15) is 0 Å². The number of likely N-dealkylation sites (tertiary alicyclic amines) is 1. The number of rotatable bonds is 3. The van der Waals surface area contributed by atoms with Crippen molar-refractivity contribution in [2.75, 3.05) is 25.5 Å². The molecule has 126 valence electrons. The van der Waals surface area contributed by atoms with E-state index in [1.165, 1.54) is 0 Å². The van der Waals surface area contributed by atoms with E-state index in [0.717, 1.165) is 37.3 Å². The van der Waals surface area contributed by atoms with Crippen LogP contribution in [0.15, 0.2) is 36.5 Å². The van der Waals surface area contributed by atoms with E-state index < -0.39 is 0 Å². The second-order valence-corrected chi connectivity index (χ2v) is 5.93. The third kappa shape index (κ3) is 3.64. The van der Waals surface area contributed by atoms with Crippen LogP contribution in [-0.4, -0.2) is 41.1 Å². The van der Waals surface area contributed by atoms with Crippen LogP contribution in [0.5, 0.6) is 5.88 Å². The average molecular weight is 326 g/mol. The zero-order chi connectivity index (χ0) is 16.9. The number of ether oxygens (including phenoxy) is 1. The molecule has 0 aromatic carbocycles. The molecule has 0 spiro atoms. The molecule has 0 radical (unpaired) electrons. The molecule has 1 saturated heterocycles. The van der Waals surface area contributed by atoms with Crippen molar-refractivity contribution in [2.45, 2.75) is 25.7 Å². The Kier molecular flexibility index (Phi) is 4.93. The highest BCUT2D eigenvalue weighted by Gasteiger charge is 2.24. The minimum absolute atomic E-state index is 0.0791. The zero-order valence-corrected chi connectivity index (χ0v) is 14.0. The molecule has 1 N–H and O–H groups in total. The van der Waals surface area contributed by atoms with E-state index in [-0.39, 0.29) is 6.03 Å². The van der Waals surface area contributed by atoms with E-state index in [2.05, 4.69) is 21.4 Å². The topological polar surface area (TPSA) is 67.3 Å². The first kappa shape index (κ1) is 16.2. The number of hydrogen-bond donors (Lipinski definition) is 1. The number of nitrogens with one attached hydrogen (secondary N) is 1. The Bertz CT molecular complexity index is 697. The summed E-state index contributed by atoms with van der Waals surface area (Å²) in [6, 6.07) is 9.49. The average Bonchev–Trinajstić information content (AvgIpc) is 2.64. The molecule has 24 heavy (non-hydrogen) atoms. The predicted octanol–water partition coefficient (Wildman–Crippen LogP) is 3.21. The number of aryl methyl sites for hydroxylation is 1. The Morgan fingerprint density at radius 1 is 1.25 bits per heavy atom. The highest BCUT2D eigenvalue weighted by atomic mass is 16.5. The first-order valence-electron chi connectivity index (χ1n) is 8.16. The number of nitrogens with zero attached hydrogens (tertiary/aromatic N) is 3. The van der Waals surface area contributed by atoms with Gasteiger partial charge in [0.05, 0.1) is 18.5 Å². The molecule has 1 aliphatic rings. The lowest BCUT2D eigenvalue weighted by atomic mass is 9.93. The monoisotopic (exact) mass is 326 g/mol. The summed E-state index contributed by atoms with van der Waals surface area (Å²) in [6.07, 6.45) is 3.70. The third-order valence-corrected chi connectivity index (χ3v) is 4.40. The van der Waals surface area contributed by atoms with Gasteiger partial charge in [0.1, 0.15) is 0 Å². The largest absolute Gasteiger partial charge is 0.481 e. The number of anilines is 1. The Labute approximate surface area is 141 Å². The van der Waals surface area contributed by atoms with Gasteiger partial charge >= 0.3 is 6.03 Å². The van der Waals surface area contributed by atoms with Gasteiger partial charge in [-0.25, -0.2) is 9.78 Å². The standard InChI is InChI=1S/C18H22N4O2/c1-13-15(6-7-17(20-13)24-2)21-18(23)22-11-8-14(9-12-22)16-5-3-4-10-19-16/h3-7,10,14H,8-9,11-12H2,1-2H3,(H,21,23). The van der Waals surface area contributed by atoms with Gasteiger partial charge in [0.25, 0.3) is 0 Å². The number of carbonyl (C=O) groups excluding carboxylic acids is 1. The quantitative estimate of drug-likeness (QED) is 0.940. The summed E-state index contributed by atoms with van der Waals surface area (Å²) in [5.41, 5.74) is 2.58. The highest BCUT2D eigenvalue weighted by Crippen LogP contribution is 2.27. The van der Waals surface area contributed by atoms with Crippen molar-refractivity contribution < 1.29 is 9.53 Å². The van der Waals surface area contributed by atoms with Crippen molar-refractivity contribution in [3.05, 3.63) is 47.9 Å². The van der Waals surface area contributed by atoms with Gasteiger partial charge < -0.3 is 15.0 Å². The van der Waals surface area contributed by atoms with Crippen LogP contribution < -0.4 is 10.1 Å². The van der Waals surface area contributed by atoms with Gasteiger partial charge in [0.2, 0.25) is 5.88 Å². The molecule has 0 atom stereocenters. The Balaban J connectivity index is 1.57. The molecule has 2 aromatic rings. The molecule has 0 unspecified atom stereocenters. The Hall–Kier alpha value is -2.63. The molecule has 3 rings (SSSR count). The van der Waals surface area contributed by atoms with Crippen LogP contribution in [0, 0.1) is 6.92 Å². The summed E-state index contributed by atoms with van der Waals surface area (Å²) in [6.45, 7) is 3.32. The molecule has 6 nitrogen and oxygen atoms in total. The van der Waals surface area contributed by atoms with Crippen molar-refractivity contribution in [1.82, 2.24) is 14.9 Å². The van der Waals surface area contributed by atoms with Crippen LogP contribution in [-0.2, 0) is 0 Å². The predicted molar refractivity (Wildman–Crippen MR) is 92.3 cm³/mol. The Morgan fingerprint density at radius 2 is 2.04 bits per heavy atom. The smallest absolute Gasteiger partial charge is 0.321 e. The summed E-state index contributed by atoms with van der Waals surface area (Å²) in [4.78, 5) is 23.0. The first-order valence-corrected chi connectivity index (χ1v) is 8.16. The van der Waals surface area contributed by atoms with Gasteiger partial charge in [0.15, 0.2) is 0 Å². The van der Waals surface area contributed by atoms with E-state index in [1.807, 2.05) is 36.2 Å². The minimum atomic E-state index is -0.0791. The maximum absolute atomic E-state index is 12.5. The van der Waals surface area contributed by atoms with Crippen molar-refractivity contribution in [1.29, 1.82) is 0 Å². The second-order valence-electron chi connectivity index (χ2n) is 5.93. The van der Waals surface area contributed by atoms with Crippen LogP contribution in [0.2, 0.25) is 0 Å². The van der Waals surface area contributed by atoms with E-state index in [0.29, 0.717) is 17.5 Å². The maximum atomic E-state index is 12.5. The van der Waals surface area contributed by atoms with Crippen molar-refractivity contribution in [3.8, 4) is 5.88 Å². The Morgan fingerprint density at radius 3 is 2.67 bits per heavy atom. The van der Waals surface area contributed by atoms with Gasteiger partial charge in [-0.05, 0) is 38.0 Å². The summed E-state index contributed by atoms with van der Waals surface area (Å²) in [7, 11) is 1.58. The molecule has 2 amide bonds. The number of hydrogen-bond acceptors (Lipinski definition) is 4. The first-order chi connectivity index (χ1) is 11.7. The van der Waals surface area contributed by atoms with Crippen LogP contribution >= 0.6 is 0 Å². The molecule has 3 heterocycles. The molecule has 1 fully saturated rings. The molecule has 2 aromatic heterocycles. The van der Waals surface area contributed by atoms with E-state index in [4.69, 9.17) is 4.74 Å². The van der Waals surface area contributed by atoms with Gasteiger partial charge in [0, 0.05) is 37.0 Å². The molecule has 0 aliphatic carbocycles. The molecule has 1 aliphatic heterocycles. The summed E-state index contributed by atoms with van der Waals surface area (Å²) < 4.78 is 5.08. The normalized spacial score (nSPS) is 15.2. The van der Waals surface area contributed by atoms with E-state index >= 15 is 0 Å². The van der Waals surface area contributed by atoms with Gasteiger partial charge in [-0.3, -0.25) is 4.98 Å². The number of piperidine rings is 1. The van der Waals surface area contributed by atoms with Crippen LogP contribution in [0.3, 0.4) is 0 Å². The van der Waals surface area contributed by atoms with E-state index in [1.54, 1.807) is 13.2 Å². The van der Waals surface area contributed by atoms with Crippen molar-refractivity contribution in [3.63, 3.8) is 0 Å². The zero-order valence-electron chi connectivity index (χ0n) is 14.0. The number of carbonyl (C=O) groups is 1. The molecular formula is C18H22N4O2. The number of methoxy groups -OCH3 is 1. The fourth-order valence-corrected chi connectivity index (χ4v) is 2.97. The number of amides is 2. The fourth-order valence-electron chi connectivity index (χ4n) is 2.97. The SMILES string of the molecule is COc1ccc(NC(=O)N2CCC(c3ccccn3)CC2)c(C)n1. The number of aromatic nitrogens is 2. The third-order valence-electron chi connectivity index (χ3n) is 4.40. The molecular weight excluding hydrogens is 304 g/mol. The summed E-state index contributed by atoms with van der Waals surface area (Å²) >= 11 is 0. The van der Waals surface area contributed by atoms with Crippen molar-refractivity contribution >= 4 is 11.7 Å². The highest BCUT2D eigenvalue weighted by molar-refractivity contribution is 5.90. The lowest BCUT2D eigenvalue weighted by Gasteiger charge is -2.31. The van der Waals surface area contributed by atoms with Crippen LogP contribution in [0.25, 0.3) is 0 Å². The van der Waals surface area contributed by atoms with Gasteiger partial charge in [-0.15, -0.1) is 0 Å². The molecule has 0 bridgehead atoms. The lowest BCUT2D eigenvalue weighted by Crippen LogP contribution is -2.40. The van der Waals surface area contributed by atoms with Crippen molar-refractivity contribution in [2.24, 2.45) is 0 Å². The summed E-state index contributed by atoms with van der Waals surface area (Å²) in [5, 5.41) is 2.94. The fraction of sp³-hybridized carbons (Fsp3) is 0.389. The molecule has 0 saturated carbocycles. The lowest BCUT2D eigenvalue weighted by molar-refractivity contribution is 0.194. The maximum Gasteiger partial charge on any atom is 0.321 e.